The molecule has 0 radical (unpaired) electrons. The fourth-order valence-corrected chi connectivity index (χ4v) is 5.68. The van der Waals surface area contributed by atoms with Gasteiger partial charge < -0.3 is 10.2 Å². The maximum Gasteiger partial charge on any atom is 0.349 e. The van der Waals surface area contributed by atoms with Crippen LogP contribution in [0.3, 0.4) is 0 Å². The van der Waals surface area contributed by atoms with Gasteiger partial charge in [-0.2, -0.15) is 9.78 Å². The molecule has 1 saturated carbocycles. The zero-order chi connectivity index (χ0) is 26.4. The third-order valence-corrected chi connectivity index (χ3v) is 7.78. The van der Waals surface area contributed by atoms with Gasteiger partial charge in [-0.15, -0.1) is 0 Å². The average Bonchev–Trinajstić information content (AvgIpc) is 2.75. The van der Waals surface area contributed by atoms with Crippen LogP contribution >= 0.6 is 23.2 Å². The summed E-state index contributed by atoms with van der Waals surface area (Å²) < 4.78 is 54.5. The topological polar surface area (TPSA) is 154 Å². The number of hydrogen-bond acceptors (Lipinski definition) is 7. The molecule has 3 aromatic rings. The molecular formula is C21H18Cl2F2N4O6S. The van der Waals surface area contributed by atoms with Gasteiger partial charge in [0.15, 0.2) is 5.69 Å². The number of hydrogen-bond donors (Lipinski definition) is 4. The molecule has 1 heterocycles. The molecule has 15 heteroatoms. The molecule has 36 heavy (non-hydrogen) atoms. The molecule has 0 saturated heterocycles. The Hall–Kier alpha value is -2.84. The average molecular weight is 563 g/mol. The van der Waals surface area contributed by atoms with Crippen LogP contribution in [0, 0.1) is 0 Å². The molecule has 0 bridgehead atoms. The van der Waals surface area contributed by atoms with E-state index in [-0.39, 0.29) is 39.9 Å². The Balaban J connectivity index is 1.66. The van der Waals surface area contributed by atoms with Crippen molar-refractivity contribution in [2.45, 2.75) is 42.7 Å². The minimum absolute atomic E-state index is 0.00931. The lowest BCUT2D eigenvalue weighted by Gasteiger charge is -2.31. The van der Waals surface area contributed by atoms with Gasteiger partial charge in [0.1, 0.15) is 10.6 Å². The third-order valence-electron chi connectivity index (χ3n) is 5.56. The van der Waals surface area contributed by atoms with Gasteiger partial charge in [0.25, 0.3) is 12.0 Å². The third kappa shape index (κ3) is 5.30. The molecular weight excluding hydrogens is 545 g/mol. The van der Waals surface area contributed by atoms with Crippen LogP contribution in [0.1, 0.15) is 36.1 Å². The van der Waals surface area contributed by atoms with E-state index < -0.39 is 51.3 Å². The highest BCUT2D eigenvalue weighted by Gasteiger charge is 2.32. The summed E-state index contributed by atoms with van der Waals surface area (Å²) in [6.45, 7) is 0. The summed E-state index contributed by atoms with van der Waals surface area (Å²) in [5.41, 5.74) is -2.91. The lowest BCUT2D eigenvalue weighted by Crippen LogP contribution is -2.46. The number of alkyl halides is 2. The largest absolute Gasteiger partial charge is 0.507 e. The van der Waals surface area contributed by atoms with Crippen molar-refractivity contribution in [1.82, 2.24) is 19.5 Å². The molecule has 192 valence electrons. The fraction of sp³-hybridized carbons (Fsp3) is 0.286. The lowest BCUT2D eigenvalue weighted by atomic mass is 9.91. The molecule has 0 spiro atoms. The summed E-state index contributed by atoms with van der Waals surface area (Å²) in [5, 5.41) is 22.9. The molecule has 0 amide bonds. The molecule has 1 fully saturated rings. The van der Waals surface area contributed by atoms with Crippen molar-refractivity contribution >= 4 is 33.2 Å². The highest BCUT2D eigenvalue weighted by molar-refractivity contribution is 7.89. The summed E-state index contributed by atoms with van der Waals surface area (Å²) in [6, 6.07) is 5.92. The number of rotatable bonds is 7. The normalized spacial score (nSPS) is 17.8. The van der Waals surface area contributed by atoms with Gasteiger partial charge in [-0.25, -0.2) is 26.7 Å². The number of aliphatic hydroxyl groups is 1. The lowest BCUT2D eigenvalue weighted by molar-refractivity contribution is 0.0712. The van der Waals surface area contributed by atoms with Gasteiger partial charge >= 0.3 is 5.69 Å². The molecule has 0 atom stereocenters. The van der Waals surface area contributed by atoms with Gasteiger partial charge in [-0.3, -0.25) is 9.78 Å². The van der Waals surface area contributed by atoms with E-state index >= 15 is 0 Å². The minimum Gasteiger partial charge on any atom is -0.507 e. The number of aliphatic hydroxyl groups excluding tert-OH is 1. The molecule has 2 aromatic carbocycles. The van der Waals surface area contributed by atoms with Crippen LogP contribution in [-0.2, 0) is 16.4 Å². The first-order chi connectivity index (χ1) is 16.9. The first-order valence-electron chi connectivity index (χ1n) is 10.4. The van der Waals surface area contributed by atoms with Crippen LogP contribution in [-0.4, -0.2) is 45.5 Å². The number of halogens is 4. The summed E-state index contributed by atoms with van der Waals surface area (Å²) in [7, 11) is -4.09. The number of sulfonamides is 1. The van der Waals surface area contributed by atoms with Crippen molar-refractivity contribution in [2.75, 3.05) is 0 Å². The Morgan fingerprint density at radius 2 is 1.81 bits per heavy atom. The van der Waals surface area contributed by atoms with Crippen molar-refractivity contribution in [2.24, 2.45) is 0 Å². The van der Waals surface area contributed by atoms with Gasteiger partial charge in [-0.05, 0) is 48.2 Å². The van der Waals surface area contributed by atoms with Gasteiger partial charge in [0.05, 0.1) is 11.8 Å². The summed E-state index contributed by atoms with van der Waals surface area (Å²) in [6.07, 6.45) is -3.25. The van der Waals surface area contributed by atoms with Gasteiger partial charge in [0.2, 0.25) is 10.0 Å². The minimum atomic E-state index is -4.09. The summed E-state index contributed by atoms with van der Waals surface area (Å²) in [5.74, 6) is -0.475. The molecule has 1 aromatic heterocycles. The highest BCUT2D eigenvalue weighted by atomic mass is 35.5. The van der Waals surface area contributed by atoms with Crippen molar-refractivity contribution in [1.29, 1.82) is 0 Å². The van der Waals surface area contributed by atoms with Crippen LogP contribution in [0.2, 0.25) is 10.0 Å². The Bertz CT molecular complexity index is 1530. The zero-order valence-corrected chi connectivity index (χ0v) is 20.4. The Labute approximate surface area is 212 Å². The quantitative estimate of drug-likeness (QED) is 0.344. The Morgan fingerprint density at radius 1 is 1.17 bits per heavy atom. The second kappa shape index (κ2) is 9.90. The van der Waals surface area contributed by atoms with Crippen molar-refractivity contribution in [3.05, 3.63) is 78.0 Å². The van der Waals surface area contributed by atoms with Crippen molar-refractivity contribution in [3.8, 4) is 11.4 Å². The Morgan fingerprint density at radius 3 is 2.39 bits per heavy atom. The van der Waals surface area contributed by atoms with E-state index in [0.29, 0.717) is 15.8 Å². The van der Waals surface area contributed by atoms with Gasteiger partial charge in [-0.1, -0.05) is 29.3 Å². The number of phenols is 1. The molecule has 0 unspecified atom stereocenters. The monoisotopic (exact) mass is 562 g/mol. The van der Waals surface area contributed by atoms with Crippen LogP contribution in [0.25, 0.3) is 5.69 Å². The first-order valence-corrected chi connectivity index (χ1v) is 12.6. The maximum atomic E-state index is 13.0. The molecule has 4 rings (SSSR count). The summed E-state index contributed by atoms with van der Waals surface area (Å²) >= 11 is 12.7. The van der Waals surface area contributed by atoms with E-state index in [1.165, 1.54) is 30.3 Å². The van der Waals surface area contributed by atoms with E-state index in [1.54, 1.807) is 4.98 Å². The first kappa shape index (κ1) is 26.2. The second-order valence-corrected chi connectivity index (χ2v) is 10.7. The standard InChI is InChI=1S/C21H18Cl2F2N4O6S/c22-14-7-11(29-21(33)26-20(32)18(27-29)19(24)25)8-15(23)13(14)3-9-1-2-16(31)17(4-9)36(34,35)28-10-5-12(30)6-10/h1-2,4,7-8,10,12,19,28,30-31H,3,5-6H2,(H,26,32,33)/t10-,12-. The number of aromatic nitrogens is 3. The van der Waals surface area contributed by atoms with E-state index in [9.17, 15) is 37.0 Å². The van der Waals surface area contributed by atoms with Crippen LogP contribution in [0.5, 0.6) is 5.75 Å². The highest BCUT2D eigenvalue weighted by Crippen LogP contribution is 2.32. The maximum absolute atomic E-state index is 13.0. The predicted molar refractivity (Wildman–Crippen MR) is 126 cm³/mol. The molecule has 1 aliphatic carbocycles. The van der Waals surface area contributed by atoms with E-state index in [2.05, 4.69) is 9.82 Å². The van der Waals surface area contributed by atoms with Gasteiger partial charge in [0, 0.05) is 22.5 Å². The molecule has 1 aliphatic rings. The second-order valence-electron chi connectivity index (χ2n) is 8.17. The molecule has 4 N–H and O–H groups in total. The number of nitrogens with one attached hydrogen (secondary N) is 2. The van der Waals surface area contributed by atoms with Crippen molar-refractivity contribution in [3.63, 3.8) is 0 Å². The van der Waals surface area contributed by atoms with Crippen LogP contribution in [0.4, 0.5) is 8.78 Å². The zero-order valence-electron chi connectivity index (χ0n) is 18.1. The SMILES string of the molecule is O=c1[nH]c(=O)n(-c2cc(Cl)c(Cc3ccc(O)c(S(=O)(=O)N[C@H]4C[C@H](O)C4)c3)c(Cl)c2)nc1C(F)F. The number of phenolic OH excluding ortho intramolecular Hbond substituents is 1. The fourth-order valence-electron chi connectivity index (χ4n) is 3.67. The number of benzene rings is 2. The predicted octanol–water partition coefficient (Wildman–Crippen LogP) is 2.26. The smallest absolute Gasteiger partial charge is 0.349 e. The number of aromatic hydroxyl groups is 1. The summed E-state index contributed by atoms with van der Waals surface area (Å²) in [4.78, 5) is 25.0. The Kier molecular flexibility index (Phi) is 7.21. The van der Waals surface area contributed by atoms with Crippen molar-refractivity contribution < 1.29 is 27.4 Å². The number of H-pyrrole nitrogens is 1. The molecule has 0 aliphatic heterocycles. The molecule has 10 nitrogen and oxygen atoms in total. The number of aromatic amines is 1. The van der Waals surface area contributed by atoms with E-state index in [0.717, 1.165) is 0 Å². The number of nitrogens with zero attached hydrogens (tertiary/aromatic N) is 2. The van der Waals surface area contributed by atoms with Crippen LogP contribution in [0.15, 0.2) is 44.8 Å². The van der Waals surface area contributed by atoms with E-state index in [4.69, 9.17) is 23.2 Å². The van der Waals surface area contributed by atoms with Crippen LogP contribution < -0.4 is 16.0 Å². The van der Waals surface area contributed by atoms with E-state index in [1.807, 2.05) is 0 Å².